The summed E-state index contributed by atoms with van der Waals surface area (Å²) in [6.07, 6.45) is -3.42. The first kappa shape index (κ1) is 18.3. The molecule has 0 aliphatic carbocycles. The Morgan fingerprint density at radius 1 is 1.24 bits per heavy atom. The van der Waals surface area contributed by atoms with Crippen LogP contribution in [0, 0.1) is 13.8 Å². The predicted molar refractivity (Wildman–Crippen MR) is 78.8 cm³/mol. The van der Waals surface area contributed by atoms with Crippen molar-refractivity contribution in [2.75, 3.05) is 19.8 Å². The van der Waals surface area contributed by atoms with Gasteiger partial charge in [0.25, 0.3) is 0 Å². The van der Waals surface area contributed by atoms with Gasteiger partial charge in [-0.15, -0.1) is 0 Å². The Kier molecular flexibility index (Phi) is 6.97. The maximum Gasteiger partial charge on any atom is 0.411 e. The molecule has 1 unspecified atom stereocenters. The fourth-order valence-electron chi connectivity index (χ4n) is 2.05. The molecule has 0 saturated carbocycles. The van der Waals surface area contributed by atoms with Crippen molar-refractivity contribution in [2.45, 2.75) is 39.4 Å². The number of benzene rings is 1. The molecule has 21 heavy (non-hydrogen) atoms. The van der Waals surface area contributed by atoms with E-state index in [1.165, 1.54) is 0 Å². The Bertz CT molecular complexity index is 463. The van der Waals surface area contributed by atoms with Crippen molar-refractivity contribution in [3.8, 4) is 0 Å². The highest BCUT2D eigenvalue weighted by Gasteiger charge is 2.28. The third-order valence-electron chi connectivity index (χ3n) is 3.11. The number of alkyl halides is 3. The number of rotatable bonds is 7. The zero-order valence-corrected chi connectivity index (χ0v) is 13.2. The quantitative estimate of drug-likeness (QED) is 0.793. The van der Waals surface area contributed by atoms with Crippen molar-refractivity contribution in [1.29, 1.82) is 0 Å². The number of ether oxygens (including phenoxy) is 1. The van der Waals surface area contributed by atoms with E-state index in [1.807, 2.05) is 32.9 Å². The molecule has 0 aromatic heterocycles. The molecule has 1 aromatic carbocycles. The third-order valence-corrected chi connectivity index (χ3v) is 3.52. The van der Waals surface area contributed by atoms with Crippen molar-refractivity contribution >= 4 is 11.6 Å². The summed E-state index contributed by atoms with van der Waals surface area (Å²) in [6.45, 7) is 5.22. The molecule has 2 nitrogen and oxygen atoms in total. The maximum absolute atomic E-state index is 12.2. The van der Waals surface area contributed by atoms with Gasteiger partial charge in [0, 0.05) is 5.02 Å². The summed E-state index contributed by atoms with van der Waals surface area (Å²) < 4.78 is 41.4. The monoisotopic (exact) mass is 323 g/mol. The maximum atomic E-state index is 12.2. The molecule has 0 aliphatic rings. The van der Waals surface area contributed by atoms with Crippen LogP contribution in [0.3, 0.4) is 0 Å². The van der Waals surface area contributed by atoms with Crippen LogP contribution in [0.4, 0.5) is 13.2 Å². The highest BCUT2D eigenvalue weighted by molar-refractivity contribution is 6.31. The summed E-state index contributed by atoms with van der Waals surface area (Å²) in [6, 6.07) is 3.46. The Labute approximate surface area is 128 Å². The molecule has 1 aromatic rings. The van der Waals surface area contributed by atoms with Crippen LogP contribution >= 0.6 is 11.6 Å². The van der Waals surface area contributed by atoms with Crippen molar-refractivity contribution < 1.29 is 17.9 Å². The molecule has 0 radical (unpaired) electrons. The number of hydrogen-bond acceptors (Lipinski definition) is 2. The van der Waals surface area contributed by atoms with Gasteiger partial charge in [0.05, 0.1) is 12.6 Å². The zero-order valence-electron chi connectivity index (χ0n) is 12.5. The van der Waals surface area contributed by atoms with Crippen molar-refractivity contribution in [3.63, 3.8) is 0 Å². The molecule has 0 spiro atoms. The van der Waals surface area contributed by atoms with Crippen LogP contribution in [0.15, 0.2) is 12.1 Å². The van der Waals surface area contributed by atoms with Gasteiger partial charge >= 0.3 is 6.18 Å². The zero-order chi connectivity index (χ0) is 16.0. The Balaban J connectivity index is 2.84. The second-order valence-corrected chi connectivity index (χ2v) is 5.50. The minimum absolute atomic E-state index is 0.0264. The fourth-order valence-corrected chi connectivity index (χ4v) is 2.27. The van der Waals surface area contributed by atoms with Gasteiger partial charge in [0.15, 0.2) is 0 Å². The second-order valence-electron chi connectivity index (χ2n) is 5.09. The minimum Gasteiger partial charge on any atom is -0.370 e. The standard InChI is InChI=1S/C15H21ClF3NO/c1-4-5-20-14(8-21-9-15(17,18)19)12-6-11(3)13(16)7-10(12)2/h6-7,14,20H,4-5,8-9H2,1-3H3. The van der Waals surface area contributed by atoms with E-state index < -0.39 is 12.8 Å². The second kappa shape index (κ2) is 8.01. The molecule has 120 valence electrons. The summed E-state index contributed by atoms with van der Waals surface area (Å²) in [5.41, 5.74) is 2.76. The molecule has 0 saturated heterocycles. The average Bonchev–Trinajstić information content (AvgIpc) is 2.37. The lowest BCUT2D eigenvalue weighted by Crippen LogP contribution is -2.29. The van der Waals surface area contributed by atoms with Crippen LogP contribution in [0.5, 0.6) is 0 Å². The van der Waals surface area contributed by atoms with E-state index in [-0.39, 0.29) is 12.6 Å². The number of halogens is 4. The average molecular weight is 324 g/mol. The highest BCUT2D eigenvalue weighted by Crippen LogP contribution is 2.26. The van der Waals surface area contributed by atoms with Crippen LogP contribution in [-0.2, 0) is 4.74 Å². The normalized spacial score (nSPS) is 13.5. The summed E-state index contributed by atoms with van der Waals surface area (Å²) in [4.78, 5) is 0. The molecule has 0 heterocycles. The van der Waals surface area contributed by atoms with E-state index in [9.17, 15) is 13.2 Å². The third kappa shape index (κ3) is 6.24. The van der Waals surface area contributed by atoms with Gasteiger partial charge in [-0.1, -0.05) is 24.6 Å². The van der Waals surface area contributed by atoms with Gasteiger partial charge in [0.1, 0.15) is 6.61 Å². The molecule has 0 bridgehead atoms. The molecule has 1 rings (SSSR count). The lowest BCUT2D eigenvalue weighted by atomic mass is 9.99. The Hall–Kier alpha value is -0.780. The summed E-state index contributed by atoms with van der Waals surface area (Å²) >= 11 is 6.06. The SMILES string of the molecule is CCCNC(COCC(F)(F)F)c1cc(C)c(Cl)cc1C. The molecule has 0 aliphatic heterocycles. The molecular weight excluding hydrogens is 303 g/mol. The number of aryl methyl sites for hydroxylation is 2. The molecular formula is C15H21ClF3NO. The Morgan fingerprint density at radius 3 is 2.48 bits per heavy atom. The van der Waals surface area contributed by atoms with Crippen molar-refractivity contribution in [2.24, 2.45) is 0 Å². The topological polar surface area (TPSA) is 21.3 Å². The highest BCUT2D eigenvalue weighted by atomic mass is 35.5. The molecule has 0 fully saturated rings. The summed E-state index contributed by atoms with van der Waals surface area (Å²) in [5.74, 6) is 0. The smallest absolute Gasteiger partial charge is 0.370 e. The lowest BCUT2D eigenvalue weighted by Gasteiger charge is -2.22. The predicted octanol–water partition coefficient (Wildman–Crippen LogP) is 4.58. The van der Waals surface area contributed by atoms with Gasteiger partial charge in [0.2, 0.25) is 0 Å². The van der Waals surface area contributed by atoms with E-state index in [0.29, 0.717) is 11.6 Å². The molecule has 6 heteroatoms. The Morgan fingerprint density at radius 2 is 1.90 bits per heavy atom. The van der Waals surface area contributed by atoms with E-state index in [2.05, 4.69) is 5.32 Å². The van der Waals surface area contributed by atoms with Crippen molar-refractivity contribution in [3.05, 3.63) is 33.8 Å². The largest absolute Gasteiger partial charge is 0.411 e. The molecule has 1 atom stereocenters. The van der Waals surface area contributed by atoms with E-state index >= 15 is 0 Å². The first-order valence-corrected chi connectivity index (χ1v) is 7.27. The van der Waals surface area contributed by atoms with Crippen molar-refractivity contribution in [1.82, 2.24) is 5.32 Å². The van der Waals surface area contributed by atoms with E-state index in [0.717, 1.165) is 23.1 Å². The van der Waals surface area contributed by atoms with Gasteiger partial charge in [-0.05, 0) is 49.6 Å². The summed E-state index contributed by atoms with van der Waals surface area (Å²) in [5, 5.41) is 3.88. The van der Waals surface area contributed by atoms with Crippen LogP contribution in [0.25, 0.3) is 0 Å². The first-order chi connectivity index (χ1) is 9.74. The minimum atomic E-state index is -4.31. The number of hydrogen-bond donors (Lipinski definition) is 1. The van der Waals surface area contributed by atoms with Gasteiger partial charge in [-0.25, -0.2) is 0 Å². The summed E-state index contributed by atoms with van der Waals surface area (Å²) in [7, 11) is 0. The van der Waals surface area contributed by atoms with Crippen LogP contribution in [0.2, 0.25) is 5.02 Å². The van der Waals surface area contributed by atoms with Gasteiger partial charge in [-0.3, -0.25) is 0 Å². The van der Waals surface area contributed by atoms with Gasteiger partial charge in [-0.2, -0.15) is 13.2 Å². The fraction of sp³-hybridized carbons (Fsp3) is 0.600. The number of nitrogens with one attached hydrogen (secondary N) is 1. The molecule has 0 amide bonds. The lowest BCUT2D eigenvalue weighted by molar-refractivity contribution is -0.175. The van der Waals surface area contributed by atoms with Crippen LogP contribution in [0.1, 0.15) is 36.1 Å². The van der Waals surface area contributed by atoms with Gasteiger partial charge < -0.3 is 10.1 Å². The van der Waals surface area contributed by atoms with E-state index in [4.69, 9.17) is 16.3 Å². The molecule has 1 N–H and O–H groups in total. The van der Waals surface area contributed by atoms with E-state index in [1.54, 1.807) is 0 Å². The van der Waals surface area contributed by atoms with Crippen LogP contribution in [-0.4, -0.2) is 25.9 Å². The first-order valence-electron chi connectivity index (χ1n) is 6.89. The van der Waals surface area contributed by atoms with Crippen LogP contribution < -0.4 is 5.32 Å².